The van der Waals surface area contributed by atoms with E-state index < -0.39 is 0 Å². The van der Waals surface area contributed by atoms with Gasteiger partial charge in [-0.25, -0.2) is 0 Å². The Bertz CT molecular complexity index is 448. The first-order valence-electron chi connectivity index (χ1n) is 4.88. The molecule has 2 heteroatoms. The summed E-state index contributed by atoms with van der Waals surface area (Å²) in [6, 6.07) is 2.04. The van der Waals surface area contributed by atoms with Crippen LogP contribution in [-0.2, 0) is 0 Å². The summed E-state index contributed by atoms with van der Waals surface area (Å²) in [4.78, 5) is 0. The van der Waals surface area contributed by atoms with Crippen LogP contribution in [0, 0.1) is 13.8 Å². The Morgan fingerprint density at radius 3 is 2.53 bits per heavy atom. The maximum Gasteiger partial charge on any atom is 0.0380 e. The molecule has 0 aromatic heterocycles. The first kappa shape index (κ1) is 12.1. The van der Waals surface area contributed by atoms with Gasteiger partial charge in [-0.05, 0) is 56.5 Å². The summed E-state index contributed by atoms with van der Waals surface area (Å²) >= 11 is 3.55. The Morgan fingerprint density at radius 2 is 2.00 bits per heavy atom. The Morgan fingerprint density at radius 1 is 1.40 bits per heavy atom. The average molecular weight is 266 g/mol. The van der Waals surface area contributed by atoms with Gasteiger partial charge in [0, 0.05) is 15.7 Å². The van der Waals surface area contributed by atoms with Gasteiger partial charge in [0.25, 0.3) is 0 Å². The molecule has 0 atom stereocenters. The van der Waals surface area contributed by atoms with Gasteiger partial charge in [0.1, 0.15) is 0 Å². The summed E-state index contributed by atoms with van der Waals surface area (Å²) in [5.41, 5.74) is 14.5. The van der Waals surface area contributed by atoms with E-state index in [2.05, 4.69) is 21.7 Å². The van der Waals surface area contributed by atoms with Crippen LogP contribution in [0.15, 0.2) is 21.8 Å². The molecule has 1 aromatic carbocycles. The second-order valence-corrected chi connectivity index (χ2v) is 4.77. The largest absolute Gasteiger partial charge is 0.398 e. The van der Waals surface area contributed by atoms with Crippen molar-refractivity contribution >= 4 is 27.7 Å². The minimum absolute atomic E-state index is 0.861. The van der Waals surface area contributed by atoms with Crippen molar-refractivity contribution in [2.75, 3.05) is 5.73 Å². The summed E-state index contributed by atoms with van der Waals surface area (Å²) in [5, 5.41) is 0. The highest BCUT2D eigenvalue weighted by atomic mass is 79.9. The van der Waals surface area contributed by atoms with Crippen molar-refractivity contribution in [3.05, 3.63) is 38.5 Å². The lowest BCUT2D eigenvalue weighted by molar-refractivity contribution is 1.35. The molecule has 0 bridgehead atoms. The number of allylic oxidation sites excluding steroid dienone is 1. The van der Waals surface area contributed by atoms with E-state index >= 15 is 0 Å². The van der Waals surface area contributed by atoms with Crippen LogP contribution >= 0.6 is 15.9 Å². The molecule has 15 heavy (non-hydrogen) atoms. The molecule has 0 heterocycles. The summed E-state index contributed by atoms with van der Waals surface area (Å²) in [7, 11) is 0. The Kier molecular flexibility index (Phi) is 3.78. The van der Waals surface area contributed by atoms with Crippen molar-refractivity contribution in [3.63, 3.8) is 0 Å². The monoisotopic (exact) mass is 265 g/mol. The van der Waals surface area contributed by atoms with Crippen LogP contribution in [0.25, 0.3) is 6.08 Å². The topological polar surface area (TPSA) is 26.0 Å². The fourth-order valence-electron chi connectivity index (χ4n) is 1.36. The third-order valence-corrected chi connectivity index (χ3v) is 2.99. The van der Waals surface area contributed by atoms with E-state index in [1.54, 1.807) is 0 Å². The molecule has 1 aromatic rings. The van der Waals surface area contributed by atoms with Gasteiger partial charge in [0.05, 0.1) is 0 Å². The molecule has 2 N–H and O–H groups in total. The van der Waals surface area contributed by atoms with E-state index in [1.807, 2.05) is 39.8 Å². The van der Waals surface area contributed by atoms with Gasteiger partial charge in [-0.15, -0.1) is 5.73 Å². The number of hydrogen-bond donors (Lipinski definition) is 1. The summed E-state index contributed by atoms with van der Waals surface area (Å²) in [5.74, 6) is 0. The third kappa shape index (κ3) is 2.74. The molecule has 0 amide bonds. The van der Waals surface area contributed by atoms with E-state index in [1.165, 1.54) is 0 Å². The zero-order chi connectivity index (χ0) is 11.6. The number of nitrogen functional groups attached to an aromatic ring is 1. The molecule has 0 aliphatic heterocycles. The van der Waals surface area contributed by atoms with Crippen LogP contribution in [0.2, 0.25) is 0 Å². The lowest BCUT2D eigenvalue weighted by Gasteiger charge is -2.09. The van der Waals surface area contributed by atoms with Crippen molar-refractivity contribution < 1.29 is 0 Å². The number of anilines is 1. The second-order valence-electron chi connectivity index (χ2n) is 3.92. The van der Waals surface area contributed by atoms with Crippen LogP contribution in [-0.4, -0.2) is 0 Å². The molecule has 0 spiro atoms. The van der Waals surface area contributed by atoms with E-state index in [4.69, 9.17) is 5.73 Å². The molecular formula is C13H16BrN. The van der Waals surface area contributed by atoms with E-state index in [0.29, 0.717) is 0 Å². The van der Waals surface area contributed by atoms with E-state index in [-0.39, 0.29) is 0 Å². The zero-order valence-corrected chi connectivity index (χ0v) is 11.2. The Hall–Kier alpha value is -0.980. The smallest absolute Gasteiger partial charge is 0.0380 e. The Balaban J connectivity index is 3.43. The quantitative estimate of drug-likeness (QED) is 0.597. The molecule has 80 valence electrons. The fraction of sp³-hybridized carbons (Fsp3) is 0.308. The molecule has 0 saturated carbocycles. The normalized spacial score (nSPS) is 9.67. The van der Waals surface area contributed by atoms with Crippen LogP contribution in [0.1, 0.15) is 30.5 Å². The maximum absolute atomic E-state index is 5.98. The molecule has 0 radical (unpaired) electrons. The lowest BCUT2D eigenvalue weighted by Crippen LogP contribution is -1.96. The maximum atomic E-state index is 5.98. The molecule has 0 aliphatic carbocycles. The minimum Gasteiger partial charge on any atom is -0.398 e. The summed E-state index contributed by atoms with van der Waals surface area (Å²) in [6.45, 7) is 8.10. The fourth-order valence-corrected chi connectivity index (χ4v) is 2.11. The van der Waals surface area contributed by atoms with E-state index in [0.717, 1.165) is 32.4 Å². The van der Waals surface area contributed by atoms with Crippen molar-refractivity contribution in [1.29, 1.82) is 0 Å². The van der Waals surface area contributed by atoms with Crippen molar-refractivity contribution in [3.8, 4) is 0 Å². The third-order valence-electron chi connectivity index (χ3n) is 2.34. The molecule has 1 nitrogen and oxygen atoms in total. The molecule has 0 fully saturated rings. The summed E-state index contributed by atoms with van der Waals surface area (Å²) in [6.07, 6.45) is 1.98. The van der Waals surface area contributed by atoms with Gasteiger partial charge in [-0.1, -0.05) is 15.9 Å². The standard InChI is InChI=1S/C13H16BrN/c1-8(2)5-6-11-10(4)13(15)9(3)7-12(11)14/h6-7H,15H2,1-4H3. The van der Waals surface area contributed by atoms with Crippen LogP contribution < -0.4 is 5.73 Å². The van der Waals surface area contributed by atoms with Gasteiger partial charge < -0.3 is 5.73 Å². The van der Waals surface area contributed by atoms with Gasteiger partial charge in [0.2, 0.25) is 0 Å². The van der Waals surface area contributed by atoms with Crippen LogP contribution in [0.5, 0.6) is 0 Å². The molecule has 1 rings (SSSR count). The predicted octanol–water partition coefficient (Wildman–Crippen LogP) is 4.23. The summed E-state index contributed by atoms with van der Waals surface area (Å²) < 4.78 is 1.07. The molecular weight excluding hydrogens is 250 g/mol. The first-order chi connectivity index (χ1) is 6.93. The van der Waals surface area contributed by atoms with Crippen LogP contribution in [0.4, 0.5) is 5.69 Å². The van der Waals surface area contributed by atoms with Gasteiger partial charge >= 0.3 is 0 Å². The molecule has 0 saturated heterocycles. The molecule has 0 unspecified atom stereocenters. The number of rotatable bonds is 1. The second kappa shape index (κ2) is 4.69. The van der Waals surface area contributed by atoms with Gasteiger partial charge in [-0.3, -0.25) is 0 Å². The van der Waals surface area contributed by atoms with Gasteiger partial charge in [0.15, 0.2) is 0 Å². The van der Waals surface area contributed by atoms with Gasteiger partial charge in [-0.2, -0.15) is 0 Å². The zero-order valence-electron chi connectivity index (χ0n) is 9.61. The SMILES string of the molecule is CC(C)=C=Cc1c(Br)cc(C)c(N)c1C. The van der Waals surface area contributed by atoms with Crippen LogP contribution in [0.3, 0.4) is 0 Å². The van der Waals surface area contributed by atoms with Crippen molar-refractivity contribution in [2.24, 2.45) is 0 Å². The number of benzene rings is 1. The average Bonchev–Trinajstić information content (AvgIpc) is 2.14. The highest BCUT2D eigenvalue weighted by Crippen LogP contribution is 2.29. The number of hydrogen-bond acceptors (Lipinski definition) is 1. The number of halogens is 1. The predicted molar refractivity (Wildman–Crippen MR) is 70.9 cm³/mol. The number of aryl methyl sites for hydroxylation is 1. The molecule has 0 aliphatic rings. The minimum atomic E-state index is 0.861. The van der Waals surface area contributed by atoms with Crippen molar-refractivity contribution in [2.45, 2.75) is 27.7 Å². The number of nitrogens with two attached hydrogens (primary N) is 1. The van der Waals surface area contributed by atoms with E-state index in [9.17, 15) is 0 Å². The highest BCUT2D eigenvalue weighted by molar-refractivity contribution is 9.10. The van der Waals surface area contributed by atoms with Crippen molar-refractivity contribution in [1.82, 2.24) is 0 Å². The first-order valence-corrected chi connectivity index (χ1v) is 5.68. The Labute approximate surface area is 99.8 Å². The highest BCUT2D eigenvalue weighted by Gasteiger charge is 2.06. The lowest BCUT2D eigenvalue weighted by atomic mass is 10.0.